The minimum Gasteiger partial charge on any atom is -0.497 e. The first-order chi connectivity index (χ1) is 20.5. The summed E-state index contributed by atoms with van der Waals surface area (Å²) < 4.78 is 11.4. The van der Waals surface area contributed by atoms with Crippen molar-refractivity contribution < 1.29 is 23.9 Å². The molecule has 2 amide bonds. The maximum atomic E-state index is 14.4. The number of hydrogen-bond donors (Lipinski definition) is 0. The normalized spacial score (nSPS) is 22.8. The fraction of sp³-hybridized carbons (Fsp3) is 0.139. The number of hydrogen-bond acceptors (Lipinski definition) is 5. The monoisotopic (exact) mass is 551 g/mol. The number of carbonyl (C=O) groups is 3. The number of amides is 2. The number of benzene rings is 5. The van der Waals surface area contributed by atoms with Crippen molar-refractivity contribution in [2.45, 2.75) is 5.92 Å². The number of fused-ring (bicyclic) bond motifs is 8. The lowest BCUT2D eigenvalue weighted by Crippen LogP contribution is -2.42. The van der Waals surface area contributed by atoms with E-state index in [0.29, 0.717) is 17.2 Å². The average Bonchev–Trinajstić information content (AvgIpc) is 3.29. The molecule has 0 spiro atoms. The Morgan fingerprint density at radius 1 is 0.690 bits per heavy atom. The highest BCUT2D eigenvalue weighted by Crippen LogP contribution is 2.56. The molecule has 8 rings (SSSR count). The summed E-state index contributed by atoms with van der Waals surface area (Å²) in [6.07, 6.45) is 2.01. The van der Waals surface area contributed by atoms with Gasteiger partial charge in [0.2, 0.25) is 11.8 Å². The van der Waals surface area contributed by atoms with Crippen molar-refractivity contribution >= 4 is 50.6 Å². The number of methoxy groups -OCH3 is 1. The molecule has 3 aliphatic rings. The Morgan fingerprint density at radius 3 is 2.12 bits per heavy atom. The van der Waals surface area contributed by atoms with Crippen LogP contribution in [0.2, 0.25) is 0 Å². The van der Waals surface area contributed by atoms with Crippen LogP contribution in [-0.4, -0.2) is 24.9 Å². The Bertz CT molecular complexity index is 1990. The average molecular weight is 552 g/mol. The van der Waals surface area contributed by atoms with E-state index in [9.17, 15) is 14.4 Å². The van der Waals surface area contributed by atoms with E-state index in [0.717, 1.165) is 38.2 Å². The summed E-state index contributed by atoms with van der Waals surface area (Å²) in [5, 5.41) is 3.52. The van der Waals surface area contributed by atoms with E-state index < -0.39 is 29.6 Å². The molecule has 0 bridgehead atoms. The first-order valence-corrected chi connectivity index (χ1v) is 14.0. The Kier molecular flexibility index (Phi) is 5.35. The summed E-state index contributed by atoms with van der Waals surface area (Å²) >= 11 is 0. The topological polar surface area (TPSA) is 72.9 Å². The van der Waals surface area contributed by atoms with Crippen LogP contribution in [0.3, 0.4) is 0 Å². The number of imide groups is 1. The molecule has 4 atom stereocenters. The number of anilines is 1. The van der Waals surface area contributed by atoms with E-state index in [1.54, 1.807) is 13.2 Å². The Balaban J connectivity index is 1.34. The third-order valence-electron chi connectivity index (χ3n) is 8.99. The van der Waals surface area contributed by atoms with Crippen LogP contribution in [0.25, 0.3) is 27.1 Å². The van der Waals surface area contributed by atoms with E-state index in [-0.39, 0.29) is 11.8 Å². The second-order valence-corrected chi connectivity index (χ2v) is 11.0. The lowest BCUT2D eigenvalue weighted by molar-refractivity contribution is -0.142. The van der Waals surface area contributed by atoms with Crippen LogP contribution in [0, 0.1) is 17.8 Å². The largest absolute Gasteiger partial charge is 0.497 e. The summed E-state index contributed by atoms with van der Waals surface area (Å²) in [5.74, 6) is -3.01. The van der Waals surface area contributed by atoms with Crippen LogP contribution < -0.4 is 14.4 Å². The van der Waals surface area contributed by atoms with Gasteiger partial charge in [-0.2, -0.15) is 0 Å². The first-order valence-electron chi connectivity index (χ1n) is 14.0. The summed E-state index contributed by atoms with van der Waals surface area (Å²) in [6, 6.07) is 32.6. The number of nitrogens with zero attached hydrogens (tertiary/aromatic N) is 1. The second-order valence-electron chi connectivity index (χ2n) is 11.0. The van der Waals surface area contributed by atoms with Gasteiger partial charge in [0, 0.05) is 22.3 Å². The van der Waals surface area contributed by atoms with Gasteiger partial charge in [-0.1, -0.05) is 91.0 Å². The maximum absolute atomic E-state index is 14.4. The minimum atomic E-state index is -0.907. The summed E-state index contributed by atoms with van der Waals surface area (Å²) in [5.41, 5.74) is 2.91. The first kappa shape index (κ1) is 24.6. The van der Waals surface area contributed by atoms with Crippen LogP contribution in [0.1, 0.15) is 17.0 Å². The molecule has 0 unspecified atom stereocenters. The van der Waals surface area contributed by atoms with Gasteiger partial charge in [0.25, 0.3) is 0 Å². The zero-order chi connectivity index (χ0) is 28.5. The second kappa shape index (κ2) is 9.14. The quantitative estimate of drug-likeness (QED) is 0.145. The van der Waals surface area contributed by atoms with Crippen LogP contribution >= 0.6 is 0 Å². The van der Waals surface area contributed by atoms with Gasteiger partial charge in [-0.05, 0) is 40.1 Å². The fourth-order valence-corrected chi connectivity index (χ4v) is 7.08. The molecule has 1 aliphatic carbocycles. The predicted molar refractivity (Wildman–Crippen MR) is 160 cm³/mol. The van der Waals surface area contributed by atoms with Crippen LogP contribution in [0.5, 0.6) is 11.5 Å². The highest BCUT2D eigenvalue weighted by molar-refractivity contribution is 6.27. The molecule has 6 nitrogen and oxygen atoms in total. The molecule has 6 heteroatoms. The maximum Gasteiger partial charge on any atom is 0.319 e. The number of rotatable bonds is 3. The number of allylic oxidation sites excluding steroid dienone is 1. The zero-order valence-electron chi connectivity index (χ0n) is 22.7. The summed E-state index contributed by atoms with van der Waals surface area (Å²) in [6.45, 7) is 0. The van der Waals surface area contributed by atoms with Crippen molar-refractivity contribution in [3.8, 4) is 11.5 Å². The van der Waals surface area contributed by atoms with Gasteiger partial charge in [0.1, 0.15) is 11.5 Å². The standard InChI is InChI=1S/C36H25NO5/c1-41-23-16-13-22(14-17-23)27-19-28-26-18-15-21-8-3-5-11-25(21)33(26)42-36(40)31(28)32-30(27)34(38)37(35(32)39)29-12-6-9-20-7-2-4-10-24(20)29/h2-19,27,30-32H,1H3/t27-,30-,31-,32+/m0/s1. The van der Waals surface area contributed by atoms with Crippen molar-refractivity contribution in [2.24, 2.45) is 17.8 Å². The molecule has 0 radical (unpaired) electrons. The molecule has 0 aromatic heterocycles. The van der Waals surface area contributed by atoms with Crippen LogP contribution in [0.4, 0.5) is 5.69 Å². The van der Waals surface area contributed by atoms with Crippen LogP contribution in [-0.2, 0) is 14.4 Å². The molecule has 42 heavy (non-hydrogen) atoms. The highest BCUT2D eigenvalue weighted by atomic mass is 16.5. The molecule has 0 saturated carbocycles. The molecule has 204 valence electrons. The van der Waals surface area contributed by atoms with E-state index >= 15 is 0 Å². The van der Waals surface area contributed by atoms with Gasteiger partial charge in [0.15, 0.2) is 0 Å². The lowest BCUT2D eigenvalue weighted by atomic mass is 9.64. The van der Waals surface area contributed by atoms with Gasteiger partial charge in [-0.15, -0.1) is 0 Å². The molecular formula is C36H25NO5. The van der Waals surface area contributed by atoms with Gasteiger partial charge in [-0.3, -0.25) is 14.4 Å². The van der Waals surface area contributed by atoms with Crippen LogP contribution in [0.15, 0.2) is 109 Å². The number of carbonyl (C=O) groups excluding carboxylic acids is 3. The molecule has 1 fully saturated rings. The van der Waals surface area contributed by atoms with E-state index in [1.165, 1.54) is 4.90 Å². The summed E-state index contributed by atoms with van der Waals surface area (Å²) in [7, 11) is 1.61. The molecule has 1 saturated heterocycles. The van der Waals surface area contributed by atoms with Gasteiger partial charge in [0.05, 0.1) is 30.6 Å². The molecule has 5 aromatic rings. The zero-order valence-corrected chi connectivity index (χ0v) is 22.7. The van der Waals surface area contributed by atoms with Gasteiger partial charge >= 0.3 is 5.97 Å². The van der Waals surface area contributed by atoms with Crippen molar-refractivity contribution in [3.05, 3.63) is 120 Å². The molecular weight excluding hydrogens is 526 g/mol. The van der Waals surface area contributed by atoms with E-state index in [4.69, 9.17) is 9.47 Å². The Labute approximate surface area is 241 Å². The number of esters is 1. The summed E-state index contributed by atoms with van der Waals surface area (Å²) in [4.78, 5) is 44.0. The van der Waals surface area contributed by atoms with Gasteiger partial charge in [-0.25, -0.2) is 4.90 Å². The minimum absolute atomic E-state index is 0.311. The Morgan fingerprint density at radius 2 is 1.36 bits per heavy atom. The van der Waals surface area contributed by atoms with E-state index in [2.05, 4.69) is 0 Å². The van der Waals surface area contributed by atoms with E-state index in [1.807, 2.05) is 103 Å². The molecule has 0 N–H and O–H groups in total. The third-order valence-corrected chi connectivity index (χ3v) is 8.99. The predicted octanol–water partition coefficient (Wildman–Crippen LogP) is 6.52. The Hall–Kier alpha value is -5.23. The van der Waals surface area contributed by atoms with Gasteiger partial charge < -0.3 is 9.47 Å². The lowest BCUT2D eigenvalue weighted by Gasteiger charge is -2.38. The van der Waals surface area contributed by atoms with Crippen molar-refractivity contribution in [2.75, 3.05) is 12.0 Å². The molecule has 5 aromatic carbocycles. The smallest absolute Gasteiger partial charge is 0.319 e. The fourth-order valence-electron chi connectivity index (χ4n) is 7.08. The van der Waals surface area contributed by atoms with Crippen molar-refractivity contribution in [1.29, 1.82) is 0 Å². The number of ether oxygens (including phenoxy) is 2. The van der Waals surface area contributed by atoms with Crippen molar-refractivity contribution in [3.63, 3.8) is 0 Å². The third kappa shape index (κ3) is 3.41. The molecule has 2 aliphatic heterocycles. The molecule has 2 heterocycles. The van der Waals surface area contributed by atoms with Crippen molar-refractivity contribution in [1.82, 2.24) is 0 Å². The highest BCUT2D eigenvalue weighted by Gasteiger charge is 2.60. The SMILES string of the molecule is COc1ccc([C@@H]2C=C3c4ccc5ccccc5c4OC(=O)[C@@H]3[C@@H]3C(=O)N(c4cccc5ccccc45)C(=O)[C@H]32)cc1.